The summed E-state index contributed by atoms with van der Waals surface area (Å²) in [4.78, 5) is 27.2. The summed E-state index contributed by atoms with van der Waals surface area (Å²) in [6.45, 7) is 0.284. The summed E-state index contributed by atoms with van der Waals surface area (Å²) < 4.78 is 13.0. The Labute approximate surface area is 132 Å². The van der Waals surface area contributed by atoms with Crippen LogP contribution >= 0.6 is 11.8 Å². The van der Waals surface area contributed by atoms with Crippen molar-refractivity contribution in [2.24, 2.45) is 0 Å². The van der Waals surface area contributed by atoms with Gasteiger partial charge >= 0.3 is 0 Å². The van der Waals surface area contributed by atoms with Crippen molar-refractivity contribution in [3.05, 3.63) is 35.6 Å². The number of nitrogens with zero attached hydrogens (tertiary/aromatic N) is 2. The van der Waals surface area contributed by atoms with E-state index in [-0.39, 0.29) is 36.8 Å². The number of halogens is 1. The molecule has 2 atom stereocenters. The molecule has 7 heteroatoms. The van der Waals surface area contributed by atoms with Crippen molar-refractivity contribution in [2.45, 2.75) is 18.6 Å². The van der Waals surface area contributed by atoms with Crippen molar-refractivity contribution in [1.29, 1.82) is 0 Å². The van der Waals surface area contributed by atoms with E-state index in [1.807, 2.05) is 0 Å². The van der Waals surface area contributed by atoms with Gasteiger partial charge in [0, 0.05) is 6.54 Å². The molecule has 0 aliphatic carbocycles. The molecule has 0 aromatic heterocycles. The Morgan fingerprint density at radius 2 is 2.09 bits per heavy atom. The van der Waals surface area contributed by atoms with Crippen LogP contribution in [0.25, 0.3) is 0 Å². The fourth-order valence-electron chi connectivity index (χ4n) is 2.88. The average molecular weight is 324 g/mol. The molecular formula is C15H17FN2O3S. The maximum atomic E-state index is 13.0. The SMILES string of the molecule is O=C1CSCN1CC(=O)N1CC(O)CC1c1ccc(F)cc1. The van der Waals surface area contributed by atoms with Crippen molar-refractivity contribution in [3.8, 4) is 0 Å². The van der Waals surface area contributed by atoms with Crippen molar-refractivity contribution >= 4 is 23.6 Å². The third kappa shape index (κ3) is 3.10. The molecule has 0 spiro atoms. The molecular weight excluding hydrogens is 307 g/mol. The van der Waals surface area contributed by atoms with Crippen LogP contribution < -0.4 is 0 Å². The van der Waals surface area contributed by atoms with Crippen LogP contribution in [-0.4, -0.2) is 57.5 Å². The minimum atomic E-state index is -0.595. The lowest BCUT2D eigenvalue weighted by molar-refractivity contribution is -0.138. The van der Waals surface area contributed by atoms with E-state index in [0.29, 0.717) is 18.1 Å². The number of thioether (sulfide) groups is 1. The van der Waals surface area contributed by atoms with Gasteiger partial charge in [0.25, 0.3) is 0 Å². The Morgan fingerprint density at radius 1 is 1.36 bits per heavy atom. The first-order valence-electron chi connectivity index (χ1n) is 7.13. The van der Waals surface area contributed by atoms with Gasteiger partial charge in [0.15, 0.2) is 0 Å². The Kier molecular flexibility index (Phi) is 4.35. The largest absolute Gasteiger partial charge is 0.391 e. The molecule has 1 aromatic carbocycles. The molecule has 2 fully saturated rings. The minimum Gasteiger partial charge on any atom is -0.391 e. The topological polar surface area (TPSA) is 60.9 Å². The molecule has 2 amide bonds. The first kappa shape index (κ1) is 15.3. The molecule has 2 aliphatic heterocycles. The van der Waals surface area contributed by atoms with Gasteiger partial charge in [-0.1, -0.05) is 12.1 Å². The molecule has 5 nitrogen and oxygen atoms in total. The third-order valence-electron chi connectivity index (χ3n) is 4.01. The summed E-state index contributed by atoms with van der Waals surface area (Å²) in [6, 6.07) is 5.70. The Morgan fingerprint density at radius 3 is 2.73 bits per heavy atom. The Hall–Kier alpha value is -1.60. The molecule has 1 aromatic rings. The van der Waals surface area contributed by atoms with Crippen LogP contribution in [0, 0.1) is 5.82 Å². The summed E-state index contributed by atoms with van der Waals surface area (Å²) in [5.74, 6) is 0.400. The van der Waals surface area contributed by atoms with E-state index >= 15 is 0 Å². The average Bonchev–Trinajstić information content (AvgIpc) is 3.06. The number of carbonyl (C=O) groups is 2. The second kappa shape index (κ2) is 6.26. The number of rotatable bonds is 3. The lowest BCUT2D eigenvalue weighted by Crippen LogP contribution is -2.41. The van der Waals surface area contributed by atoms with Gasteiger partial charge in [-0.3, -0.25) is 9.59 Å². The summed E-state index contributed by atoms with van der Waals surface area (Å²) in [6.07, 6.45) is -0.164. The fourth-order valence-corrected chi connectivity index (χ4v) is 3.79. The number of carbonyl (C=O) groups excluding carboxylic acids is 2. The molecule has 3 rings (SSSR count). The number of aliphatic hydroxyl groups excluding tert-OH is 1. The Bertz CT molecular complexity index is 581. The van der Waals surface area contributed by atoms with Crippen molar-refractivity contribution in [3.63, 3.8) is 0 Å². The van der Waals surface area contributed by atoms with E-state index in [2.05, 4.69) is 0 Å². The van der Waals surface area contributed by atoms with E-state index in [1.54, 1.807) is 17.0 Å². The molecule has 2 unspecified atom stereocenters. The predicted molar refractivity (Wildman–Crippen MR) is 80.5 cm³/mol. The summed E-state index contributed by atoms with van der Waals surface area (Å²) in [5.41, 5.74) is 0.799. The predicted octanol–water partition coefficient (Wildman–Crippen LogP) is 0.993. The van der Waals surface area contributed by atoms with Crippen LogP contribution in [0.1, 0.15) is 18.0 Å². The number of hydrogen-bond acceptors (Lipinski definition) is 4. The number of amides is 2. The number of β-amino-alcohol motifs (C(OH)–C–C–N with tert-alkyl or cyclic N) is 1. The zero-order valence-electron chi connectivity index (χ0n) is 11.9. The van der Waals surface area contributed by atoms with Gasteiger partial charge in [-0.15, -0.1) is 11.8 Å². The zero-order chi connectivity index (χ0) is 15.7. The minimum absolute atomic E-state index is 0.0311. The molecule has 2 heterocycles. The molecule has 22 heavy (non-hydrogen) atoms. The van der Waals surface area contributed by atoms with E-state index < -0.39 is 6.10 Å². The quantitative estimate of drug-likeness (QED) is 0.901. The van der Waals surface area contributed by atoms with Crippen LogP contribution in [0.5, 0.6) is 0 Å². The number of hydrogen-bond donors (Lipinski definition) is 1. The van der Waals surface area contributed by atoms with Gasteiger partial charge in [0.2, 0.25) is 11.8 Å². The van der Waals surface area contributed by atoms with E-state index in [9.17, 15) is 19.1 Å². The summed E-state index contributed by atoms with van der Waals surface area (Å²) in [7, 11) is 0. The van der Waals surface area contributed by atoms with Gasteiger partial charge in [0.05, 0.1) is 23.8 Å². The first-order chi connectivity index (χ1) is 10.5. The van der Waals surface area contributed by atoms with Crippen LogP contribution in [0.2, 0.25) is 0 Å². The second-order valence-corrected chi connectivity index (χ2v) is 6.53. The first-order valence-corrected chi connectivity index (χ1v) is 8.28. The van der Waals surface area contributed by atoms with Crippen molar-refractivity contribution in [1.82, 2.24) is 9.80 Å². The molecule has 2 aliphatic rings. The highest BCUT2D eigenvalue weighted by Gasteiger charge is 2.36. The Balaban J connectivity index is 1.73. The number of benzene rings is 1. The zero-order valence-corrected chi connectivity index (χ0v) is 12.8. The summed E-state index contributed by atoms with van der Waals surface area (Å²) >= 11 is 1.49. The van der Waals surface area contributed by atoms with Gasteiger partial charge in [-0.2, -0.15) is 0 Å². The van der Waals surface area contributed by atoms with Gasteiger partial charge in [-0.25, -0.2) is 4.39 Å². The van der Waals surface area contributed by atoms with Crippen molar-refractivity contribution < 1.29 is 19.1 Å². The van der Waals surface area contributed by atoms with E-state index in [0.717, 1.165) is 5.56 Å². The van der Waals surface area contributed by atoms with E-state index in [1.165, 1.54) is 28.8 Å². The molecule has 1 N–H and O–H groups in total. The van der Waals surface area contributed by atoms with Crippen molar-refractivity contribution in [2.75, 3.05) is 24.7 Å². The normalized spacial score (nSPS) is 25.1. The third-order valence-corrected chi connectivity index (χ3v) is 4.95. The smallest absolute Gasteiger partial charge is 0.242 e. The highest BCUT2D eigenvalue weighted by molar-refractivity contribution is 8.00. The van der Waals surface area contributed by atoms with Crippen LogP contribution in [0.3, 0.4) is 0 Å². The maximum Gasteiger partial charge on any atom is 0.242 e. The van der Waals surface area contributed by atoms with Crippen LogP contribution in [0.15, 0.2) is 24.3 Å². The molecule has 0 saturated carbocycles. The number of likely N-dealkylation sites (tertiary alicyclic amines) is 1. The second-order valence-electron chi connectivity index (χ2n) is 5.57. The van der Waals surface area contributed by atoms with Crippen LogP contribution in [-0.2, 0) is 9.59 Å². The van der Waals surface area contributed by atoms with E-state index in [4.69, 9.17) is 0 Å². The molecule has 2 saturated heterocycles. The number of aliphatic hydroxyl groups is 1. The van der Waals surface area contributed by atoms with Gasteiger partial charge in [-0.05, 0) is 24.1 Å². The van der Waals surface area contributed by atoms with Crippen LogP contribution in [0.4, 0.5) is 4.39 Å². The lowest BCUT2D eigenvalue weighted by Gasteiger charge is -2.27. The van der Waals surface area contributed by atoms with Gasteiger partial charge < -0.3 is 14.9 Å². The maximum absolute atomic E-state index is 13.0. The van der Waals surface area contributed by atoms with Gasteiger partial charge in [0.1, 0.15) is 12.4 Å². The lowest BCUT2D eigenvalue weighted by atomic mass is 10.0. The fraction of sp³-hybridized carbons (Fsp3) is 0.467. The monoisotopic (exact) mass is 324 g/mol. The molecule has 118 valence electrons. The highest BCUT2D eigenvalue weighted by Crippen LogP contribution is 2.32. The standard InChI is InChI=1S/C15H17FN2O3S/c16-11-3-1-10(2-4-11)13-5-12(19)6-18(13)14(20)7-17-9-22-8-15(17)21/h1-4,12-13,19H,5-9H2. The molecule has 0 radical (unpaired) electrons. The highest BCUT2D eigenvalue weighted by atomic mass is 32.2. The summed E-state index contributed by atoms with van der Waals surface area (Å²) in [5, 5.41) is 9.90. The molecule has 0 bridgehead atoms.